The van der Waals surface area contributed by atoms with E-state index in [1.807, 2.05) is 6.92 Å². The number of ketones is 1. The fourth-order valence-corrected chi connectivity index (χ4v) is 3.16. The Morgan fingerprint density at radius 3 is 2.14 bits per heavy atom. The summed E-state index contributed by atoms with van der Waals surface area (Å²) >= 11 is 18.4. The fraction of sp³-hybridized carbons (Fsp3) is 0.429. The average Bonchev–Trinajstić information content (AvgIpc) is 2.42. The molecular weight excluding hydrogens is 445 g/mol. The summed E-state index contributed by atoms with van der Waals surface area (Å²) in [6.07, 6.45) is 0.457. The van der Waals surface area contributed by atoms with Crippen LogP contribution in [0, 0.1) is 6.92 Å². The SMILES string of the molecule is CCC(C)(NC(=O)c1cc(Cl)c(C)c(Cl)c1)C(=O)C(Br)Br. The molecule has 7 heteroatoms. The lowest BCUT2D eigenvalue weighted by molar-refractivity contribution is -0.122. The molecule has 0 spiro atoms. The minimum atomic E-state index is -0.988. The van der Waals surface area contributed by atoms with E-state index in [2.05, 4.69) is 37.2 Å². The van der Waals surface area contributed by atoms with Crippen molar-refractivity contribution in [3.05, 3.63) is 33.3 Å². The van der Waals surface area contributed by atoms with Crippen LogP contribution in [0.25, 0.3) is 0 Å². The quantitative estimate of drug-likeness (QED) is 0.637. The first-order chi connectivity index (χ1) is 9.62. The lowest BCUT2D eigenvalue weighted by Crippen LogP contribution is -2.53. The molecule has 1 unspecified atom stereocenters. The zero-order valence-corrected chi connectivity index (χ0v) is 16.5. The fourth-order valence-electron chi connectivity index (χ4n) is 1.66. The van der Waals surface area contributed by atoms with E-state index in [4.69, 9.17) is 23.2 Å². The van der Waals surface area contributed by atoms with Gasteiger partial charge < -0.3 is 5.32 Å². The van der Waals surface area contributed by atoms with Crippen molar-refractivity contribution in [1.29, 1.82) is 0 Å². The van der Waals surface area contributed by atoms with Crippen LogP contribution in [0.5, 0.6) is 0 Å². The molecule has 116 valence electrons. The molecule has 1 aromatic carbocycles. The van der Waals surface area contributed by atoms with Gasteiger partial charge in [0.05, 0.1) is 5.54 Å². The van der Waals surface area contributed by atoms with Gasteiger partial charge in [0.15, 0.2) is 5.78 Å². The number of Topliss-reactive ketones (excluding diaryl/α,β-unsaturated/α-hetero) is 1. The summed E-state index contributed by atoms with van der Waals surface area (Å²) in [6, 6.07) is 3.08. The van der Waals surface area contributed by atoms with Gasteiger partial charge in [-0.05, 0) is 38.0 Å². The molecule has 0 aliphatic heterocycles. The highest BCUT2D eigenvalue weighted by molar-refractivity contribution is 9.25. The molecular formula is C14H15Br2Cl2NO2. The maximum Gasteiger partial charge on any atom is 0.252 e. The summed E-state index contributed by atoms with van der Waals surface area (Å²) in [6.45, 7) is 5.28. The van der Waals surface area contributed by atoms with Gasteiger partial charge in [0, 0.05) is 15.6 Å². The molecule has 1 N–H and O–H groups in total. The predicted octanol–water partition coefficient (Wildman–Crippen LogP) is 4.89. The third-order valence-corrected chi connectivity index (χ3v) is 5.00. The highest BCUT2D eigenvalue weighted by atomic mass is 79.9. The van der Waals surface area contributed by atoms with E-state index in [-0.39, 0.29) is 5.78 Å². The summed E-state index contributed by atoms with van der Waals surface area (Å²) in [5, 5.41) is 3.57. The third-order valence-electron chi connectivity index (χ3n) is 3.38. The van der Waals surface area contributed by atoms with Gasteiger partial charge >= 0.3 is 0 Å². The van der Waals surface area contributed by atoms with Crippen molar-refractivity contribution in [1.82, 2.24) is 5.32 Å². The maximum atomic E-state index is 12.4. The van der Waals surface area contributed by atoms with Crippen LogP contribution in [0.4, 0.5) is 0 Å². The van der Waals surface area contributed by atoms with Gasteiger partial charge in [-0.15, -0.1) is 0 Å². The first-order valence-electron chi connectivity index (χ1n) is 6.23. The van der Waals surface area contributed by atoms with Gasteiger partial charge in [-0.25, -0.2) is 0 Å². The molecule has 1 aromatic rings. The van der Waals surface area contributed by atoms with Crippen molar-refractivity contribution in [3.63, 3.8) is 0 Å². The number of benzene rings is 1. The number of carbonyl (C=O) groups excluding carboxylic acids is 2. The van der Waals surface area contributed by atoms with Gasteiger partial charge in [-0.1, -0.05) is 62.0 Å². The van der Waals surface area contributed by atoms with Crippen molar-refractivity contribution in [3.8, 4) is 0 Å². The normalized spacial score (nSPS) is 13.9. The van der Waals surface area contributed by atoms with Crippen molar-refractivity contribution < 1.29 is 9.59 Å². The molecule has 1 atom stereocenters. The second kappa shape index (κ2) is 7.44. The molecule has 1 rings (SSSR count). The first-order valence-corrected chi connectivity index (χ1v) is 8.81. The van der Waals surface area contributed by atoms with E-state index in [0.29, 0.717) is 27.6 Å². The van der Waals surface area contributed by atoms with Crippen LogP contribution in [0.2, 0.25) is 10.0 Å². The molecule has 0 saturated heterocycles. The molecule has 0 heterocycles. The lowest BCUT2D eigenvalue weighted by atomic mass is 9.93. The van der Waals surface area contributed by atoms with Gasteiger partial charge in [0.25, 0.3) is 5.91 Å². The zero-order valence-electron chi connectivity index (χ0n) is 11.8. The maximum absolute atomic E-state index is 12.4. The van der Waals surface area contributed by atoms with Crippen LogP contribution >= 0.6 is 55.1 Å². The number of alkyl halides is 2. The third kappa shape index (κ3) is 4.44. The molecule has 3 nitrogen and oxygen atoms in total. The molecule has 0 fully saturated rings. The molecule has 0 saturated carbocycles. The number of halogens is 4. The van der Waals surface area contributed by atoms with Crippen LogP contribution in [0.3, 0.4) is 0 Å². The second-order valence-electron chi connectivity index (χ2n) is 4.87. The number of carbonyl (C=O) groups is 2. The first kappa shape index (κ1) is 18.9. The topological polar surface area (TPSA) is 46.2 Å². The van der Waals surface area contributed by atoms with Crippen LogP contribution in [0.15, 0.2) is 12.1 Å². The minimum Gasteiger partial charge on any atom is -0.340 e. The van der Waals surface area contributed by atoms with Gasteiger partial charge in [0.1, 0.15) is 3.74 Å². The largest absolute Gasteiger partial charge is 0.340 e. The Morgan fingerprint density at radius 1 is 1.29 bits per heavy atom. The average molecular weight is 460 g/mol. The Hall–Kier alpha value is -0.100. The number of nitrogens with one attached hydrogen (secondary N) is 1. The summed E-state index contributed by atoms with van der Waals surface area (Å²) in [5.41, 5.74) is 0.0486. The monoisotopic (exact) mass is 457 g/mol. The zero-order chi connectivity index (χ0) is 16.4. The molecule has 0 aliphatic carbocycles. The van der Waals surface area contributed by atoms with E-state index in [1.54, 1.807) is 26.0 Å². The number of hydrogen-bond donors (Lipinski definition) is 1. The van der Waals surface area contributed by atoms with E-state index in [9.17, 15) is 9.59 Å². The highest BCUT2D eigenvalue weighted by Gasteiger charge is 2.36. The van der Waals surface area contributed by atoms with Crippen LogP contribution < -0.4 is 5.32 Å². The Morgan fingerprint density at radius 2 is 1.76 bits per heavy atom. The number of hydrogen-bond acceptors (Lipinski definition) is 2. The Kier molecular flexibility index (Phi) is 6.72. The Balaban J connectivity index is 3.07. The van der Waals surface area contributed by atoms with Gasteiger partial charge in [-0.3, -0.25) is 9.59 Å². The lowest BCUT2D eigenvalue weighted by Gasteiger charge is -2.29. The van der Waals surface area contributed by atoms with Crippen LogP contribution in [-0.4, -0.2) is 21.0 Å². The smallest absolute Gasteiger partial charge is 0.252 e. The van der Waals surface area contributed by atoms with Crippen molar-refractivity contribution >= 4 is 66.8 Å². The van der Waals surface area contributed by atoms with E-state index >= 15 is 0 Å². The predicted molar refractivity (Wildman–Crippen MR) is 94.0 cm³/mol. The standard InChI is InChI=1S/C14H15Br2Cl2NO2/c1-4-14(3,11(20)12(15)16)19-13(21)8-5-9(17)7(2)10(18)6-8/h5-6,12H,4H2,1-3H3,(H,19,21). The summed E-state index contributed by atoms with van der Waals surface area (Å²) in [5.74, 6) is -0.556. The molecule has 0 aromatic heterocycles. The summed E-state index contributed by atoms with van der Waals surface area (Å²) in [7, 11) is 0. The number of rotatable bonds is 5. The highest BCUT2D eigenvalue weighted by Crippen LogP contribution is 2.26. The molecule has 0 bridgehead atoms. The van der Waals surface area contributed by atoms with E-state index < -0.39 is 15.2 Å². The van der Waals surface area contributed by atoms with Crippen molar-refractivity contribution in [2.75, 3.05) is 0 Å². The molecule has 0 aliphatic rings. The number of amides is 1. The van der Waals surface area contributed by atoms with Crippen LogP contribution in [0.1, 0.15) is 36.2 Å². The summed E-state index contributed by atoms with van der Waals surface area (Å²) < 4.78 is -0.527. The van der Waals surface area contributed by atoms with Gasteiger partial charge in [0.2, 0.25) is 0 Å². The van der Waals surface area contributed by atoms with E-state index in [0.717, 1.165) is 0 Å². The molecule has 21 heavy (non-hydrogen) atoms. The minimum absolute atomic E-state index is 0.164. The summed E-state index contributed by atoms with van der Waals surface area (Å²) in [4.78, 5) is 24.5. The van der Waals surface area contributed by atoms with Crippen LogP contribution in [-0.2, 0) is 4.79 Å². The van der Waals surface area contributed by atoms with E-state index in [1.165, 1.54) is 0 Å². The molecule has 1 amide bonds. The van der Waals surface area contributed by atoms with Crippen molar-refractivity contribution in [2.45, 2.75) is 36.5 Å². The van der Waals surface area contributed by atoms with Gasteiger partial charge in [-0.2, -0.15) is 0 Å². The van der Waals surface area contributed by atoms with Crippen molar-refractivity contribution in [2.24, 2.45) is 0 Å². The Labute approximate surface area is 151 Å². The molecule has 0 radical (unpaired) electrons. The Bertz CT molecular complexity index is 555. The second-order valence-corrected chi connectivity index (χ2v) is 8.74.